The molecule has 3 aromatic rings. The Hall–Kier alpha value is -3.59. The lowest BCUT2D eigenvalue weighted by Gasteiger charge is -2.15. The van der Waals surface area contributed by atoms with Crippen LogP contribution in [0, 0.1) is 5.39 Å². The third-order valence-corrected chi connectivity index (χ3v) is 3.77. The summed E-state index contributed by atoms with van der Waals surface area (Å²) in [6.07, 6.45) is 0. The van der Waals surface area contributed by atoms with Crippen LogP contribution in [0.2, 0.25) is 0 Å². The summed E-state index contributed by atoms with van der Waals surface area (Å²) in [6, 6.07) is 18.3. The van der Waals surface area contributed by atoms with Crippen LogP contribution in [0.4, 0.5) is 5.69 Å². The van der Waals surface area contributed by atoms with Gasteiger partial charge in [0.05, 0.1) is 11.6 Å². The monoisotopic (exact) mass is 318 g/mol. The molecular formula is C18H14N4O2. The van der Waals surface area contributed by atoms with Gasteiger partial charge in [0.1, 0.15) is 0 Å². The summed E-state index contributed by atoms with van der Waals surface area (Å²) in [5.74, 6) is -1.38. The van der Waals surface area contributed by atoms with Crippen molar-refractivity contribution in [3.8, 4) is 17.1 Å². The van der Waals surface area contributed by atoms with E-state index in [2.05, 4.69) is 4.98 Å². The molecule has 0 saturated heterocycles. The maximum absolute atomic E-state index is 12.6. The first kappa shape index (κ1) is 15.3. The van der Waals surface area contributed by atoms with Crippen molar-refractivity contribution in [3.05, 3.63) is 76.8 Å². The number of carbonyl (C=O) groups is 1. The molecule has 6 heteroatoms. The predicted octanol–water partition coefficient (Wildman–Crippen LogP) is 2.86. The Bertz CT molecular complexity index is 925. The van der Waals surface area contributed by atoms with Gasteiger partial charge < -0.3 is 15.4 Å². The van der Waals surface area contributed by atoms with E-state index in [1.54, 1.807) is 24.3 Å². The molecule has 0 aliphatic heterocycles. The second-order valence-corrected chi connectivity index (χ2v) is 5.28. The molecule has 0 aliphatic rings. The van der Waals surface area contributed by atoms with E-state index in [1.165, 1.54) is 4.57 Å². The van der Waals surface area contributed by atoms with E-state index in [0.29, 0.717) is 11.3 Å². The molecule has 0 fully saturated rings. The summed E-state index contributed by atoms with van der Waals surface area (Å²) in [4.78, 5) is 14.9. The third-order valence-electron chi connectivity index (χ3n) is 3.77. The second-order valence-electron chi connectivity index (χ2n) is 5.28. The molecule has 0 aliphatic carbocycles. The zero-order valence-electron chi connectivity index (χ0n) is 12.7. The number of rotatable bonds is 4. The molecule has 24 heavy (non-hydrogen) atoms. The lowest BCUT2D eigenvalue weighted by atomic mass is 10.1. The van der Waals surface area contributed by atoms with Crippen molar-refractivity contribution in [2.75, 3.05) is 0 Å². The van der Waals surface area contributed by atoms with Crippen LogP contribution in [0.5, 0.6) is 5.88 Å². The lowest BCUT2D eigenvalue weighted by Crippen LogP contribution is -2.13. The number of nitrogens with zero attached hydrogens (tertiary/aromatic N) is 3. The summed E-state index contributed by atoms with van der Waals surface area (Å²) < 4.78 is 1.40. The average Bonchev–Trinajstić information content (AvgIpc) is 2.89. The Balaban J connectivity index is 2.28. The number of diazo groups is 1. The maximum atomic E-state index is 12.6. The van der Waals surface area contributed by atoms with Gasteiger partial charge in [-0.15, -0.1) is 0 Å². The number of nitrogens with two attached hydrogens (primary N) is 1. The molecule has 0 bridgehead atoms. The predicted molar refractivity (Wildman–Crippen MR) is 88.1 cm³/mol. The van der Waals surface area contributed by atoms with Gasteiger partial charge in [0.2, 0.25) is 5.39 Å². The summed E-state index contributed by atoms with van der Waals surface area (Å²) in [5.41, 5.74) is 6.90. The SMILES string of the molecule is N#[N+]c1c(C(N)=O)c(-c2ccccc2)n(Cc2ccccc2)c1[O-]. The Morgan fingerprint density at radius 3 is 2.21 bits per heavy atom. The van der Waals surface area contributed by atoms with E-state index < -0.39 is 11.8 Å². The minimum Gasteiger partial charge on any atom is -0.854 e. The zero-order chi connectivity index (χ0) is 17.1. The number of carbonyl (C=O) groups excluding carboxylic acids is 1. The van der Waals surface area contributed by atoms with Crippen LogP contribution in [-0.2, 0) is 6.54 Å². The normalized spacial score (nSPS) is 10.3. The van der Waals surface area contributed by atoms with Gasteiger partial charge in [-0.2, -0.15) is 0 Å². The highest BCUT2D eigenvalue weighted by molar-refractivity contribution is 6.06. The van der Waals surface area contributed by atoms with Crippen LogP contribution in [0.1, 0.15) is 15.9 Å². The Morgan fingerprint density at radius 1 is 1.08 bits per heavy atom. The molecule has 0 unspecified atom stereocenters. The van der Waals surface area contributed by atoms with Crippen molar-refractivity contribution in [1.29, 1.82) is 5.39 Å². The van der Waals surface area contributed by atoms with Crippen LogP contribution >= 0.6 is 0 Å². The van der Waals surface area contributed by atoms with Crippen LogP contribution in [0.25, 0.3) is 16.2 Å². The van der Waals surface area contributed by atoms with Gasteiger partial charge in [-0.05, 0) is 11.1 Å². The molecule has 0 atom stereocenters. The molecule has 2 aromatic carbocycles. The van der Waals surface area contributed by atoms with Crippen LogP contribution in [0.15, 0.2) is 60.7 Å². The Labute approximate surface area is 138 Å². The van der Waals surface area contributed by atoms with Crippen LogP contribution in [-0.4, -0.2) is 10.5 Å². The van der Waals surface area contributed by atoms with E-state index >= 15 is 0 Å². The van der Waals surface area contributed by atoms with Crippen LogP contribution in [0.3, 0.4) is 0 Å². The fraction of sp³-hybridized carbons (Fsp3) is 0.0556. The molecule has 1 aromatic heterocycles. The first-order valence-electron chi connectivity index (χ1n) is 7.31. The average molecular weight is 318 g/mol. The van der Waals surface area contributed by atoms with Crippen molar-refractivity contribution in [1.82, 2.24) is 4.57 Å². The molecule has 3 rings (SSSR count). The fourth-order valence-electron chi connectivity index (χ4n) is 2.72. The molecule has 0 saturated carbocycles. The van der Waals surface area contributed by atoms with E-state index in [-0.39, 0.29) is 17.8 Å². The van der Waals surface area contributed by atoms with Crippen LogP contribution < -0.4 is 10.8 Å². The molecular weight excluding hydrogens is 304 g/mol. The highest BCUT2D eigenvalue weighted by Gasteiger charge is 2.31. The van der Waals surface area contributed by atoms with E-state index in [4.69, 9.17) is 5.73 Å². The van der Waals surface area contributed by atoms with Gasteiger partial charge in [-0.1, -0.05) is 60.7 Å². The van der Waals surface area contributed by atoms with Crippen molar-refractivity contribution >= 4 is 11.6 Å². The largest absolute Gasteiger partial charge is 0.854 e. The molecule has 1 amide bonds. The number of hydrogen-bond donors (Lipinski definition) is 1. The van der Waals surface area contributed by atoms with Gasteiger partial charge in [-0.3, -0.25) is 4.79 Å². The number of aromatic nitrogens is 1. The minimum atomic E-state index is -0.814. The first-order chi connectivity index (χ1) is 11.6. The van der Waals surface area contributed by atoms with E-state index in [9.17, 15) is 15.3 Å². The minimum absolute atomic E-state index is 0.0790. The fourth-order valence-corrected chi connectivity index (χ4v) is 2.72. The summed E-state index contributed by atoms with van der Waals surface area (Å²) in [6.45, 7) is 0.236. The zero-order valence-corrected chi connectivity index (χ0v) is 12.7. The quantitative estimate of drug-likeness (QED) is 0.749. The summed E-state index contributed by atoms with van der Waals surface area (Å²) in [7, 11) is 0. The molecule has 2 N–H and O–H groups in total. The number of amides is 1. The Morgan fingerprint density at radius 2 is 1.67 bits per heavy atom. The highest BCUT2D eigenvalue weighted by atomic mass is 16.3. The summed E-state index contributed by atoms with van der Waals surface area (Å²) in [5, 5.41) is 21.8. The topological polar surface area (TPSA) is 99.2 Å². The highest BCUT2D eigenvalue weighted by Crippen LogP contribution is 2.40. The number of primary amides is 1. The van der Waals surface area contributed by atoms with Gasteiger partial charge in [0, 0.05) is 6.54 Å². The van der Waals surface area contributed by atoms with Crippen molar-refractivity contribution in [2.45, 2.75) is 6.54 Å². The molecule has 118 valence electrons. The molecule has 0 radical (unpaired) electrons. The van der Waals surface area contributed by atoms with Gasteiger partial charge in [0.15, 0.2) is 10.5 Å². The lowest BCUT2D eigenvalue weighted by molar-refractivity contribution is -0.277. The van der Waals surface area contributed by atoms with E-state index in [1.807, 2.05) is 36.4 Å². The molecule has 1 heterocycles. The van der Waals surface area contributed by atoms with Crippen molar-refractivity contribution in [3.63, 3.8) is 0 Å². The first-order valence-corrected chi connectivity index (χ1v) is 7.31. The molecule has 6 nitrogen and oxygen atoms in total. The van der Waals surface area contributed by atoms with Crippen molar-refractivity contribution in [2.24, 2.45) is 5.73 Å². The van der Waals surface area contributed by atoms with E-state index in [0.717, 1.165) is 5.56 Å². The van der Waals surface area contributed by atoms with Gasteiger partial charge in [-0.25, -0.2) is 0 Å². The number of benzene rings is 2. The standard InChI is InChI=1S/C18H14N4O2/c19-17(23)14-15(21-20)18(24)22(11-12-7-3-1-4-8-12)16(14)13-9-5-2-6-10-13/h1-10H,11H2,(H2-,19,23,24). The van der Waals surface area contributed by atoms with Gasteiger partial charge in [0.25, 0.3) is 5.91 Å². The third kappa shape index (κ3) is 2.59. The van der Waals surface area contributed by atoms with Crippen molar-refractivity contribution < 1.29 is 9.90 Å². The van der Waals surface area contributed by atoms with Gasteiger partial charge >= 0.3 is 5.69 Å². The summed E-state index contributed by atoms with van der Waals surface area (Å²) >= 11 is 0. The smallest absolute Gasteiger partial charge is 0.408 e. The number of hydrogen-bond acceptors (Lipinski definition) is 3. The second kappa shape index (κ2) is 6.26. The maximum Gasteiger partial charge on any atom is 0.408 e. The molecule has 0 spiro atoms. The Kier molecular flexibility index (Phi) is 4.00.